The number of carbonyl (C=O) groups is 1. The molecule has 134 valence electrons. The monoisotopic (exact) mass is 376 g/mol. The first kappa shape index (κ1) is 17.1. The maximum absolute atomic E-state index is 12.6. The molecule has 27 heavy (non-hydrogen) atoms. The zero-order valence-corrected chi connectivity index (χ0v) is 15.4. The average molecular weight is 376 g/mol. The van der Waals surface area contributed by atoms with Gasteiger partial charge in [0.2, 0.25) is 0 Å². The molecule has 0 saturated heterocycles. The van der Waals surface area contributed by atoms with Crippen LogP contribution in [0.3, 0.4) is 0 Å². The maximum atomic E-state index is 12.6. The Balaban J connectivity index is 1.52. The van der Waals surface area contributed by atoms with Crippen LogP contribution >= 0.6 is 11.3 Å². The lowest BCUT2D eigenvalue weighted by molar-refractivity contribution is 0.0993. The molecule has 1 fully saturated rings. The van der Waals surface area contributed by atoms with E-state index in [4.69, 9.17) is 5.26 Å². The Kier molecular flexibility index (Phi) is 4.52. The van der Waals surface area contributed by atoms with Crippen LogP contribution in [0.1, 0.15) is 28.8 Å². The van der Waals surface area contributed by atoms with E-state index in [9.17, 15) is 4.79 Å². The number of hydrogen-bond acceptors (Lipinski definition) is 7. The van der Waals surface area contributed by atoms with Gasteiger partial charge in [-0.1, -0.05) is 0 Å². The van der Waals surface area contributed by atoms with Crippen molar-refractivity contribution in [3.63, 3.8) is 0 Å². The molecule has 1 aliphatic rings. The Morgan fingerprint density at radius 3 is 2.74 bits per heavy atom. The van der Waals surface area contributed by atoms with Gasteiger partial charge in [0.05, 0.1) is 17.3 Å². The molecule has 0 spiro atoms. The molecule has 1 aliphatic carbocycles. The summed E-state index contributed by atoms with van der Waals surface area (Å²) in [6.07, 6.45) is 3.86. The number of nitriles is 1. The number of hydrogen-bond donors (Lipinski definition) is 1. The maximum Gasteiger partial charge on any atom is 0.259 e. The molecule has 4 rings (SSSR count). The largest absolute Gasteiger partial charge is 0.367 e. The van der Waals surface area contributed by atoms with Crippen LogP contribution in [0, 0.1) is 11.3 Å². The molecule has 3 aromatic rings. The molecule has 0 atom stereocenters. The van der Waals surface area contributed by atoms with Crippen molar-refractivity contribution in [2.45, 2.75) is 18.9 Å². The highest BCUT2D eigenvalue weighted by Crippen LogP contribution is 2.29. The lowest BCUT2D eigenvalue weighted by Crippen LogP contribution is -2.26. The number of carbonyl (C=O) groups excluding carboxylic acids is 1. The average Bonchev–Trinajstić information content (AvgIpc) is 3.38. The minimum absolute atomic E-state index is 0.181. The van der Waals surface area contributed by atoms with Gasteiger partial charge in [-0.15, -0.1) is 11.3 Å². The molecular formula is C19H16N6OS. The van der Waals surface area contributed by atoms with Gasteiger partial charge in [-0.25, -0.2) is 15.0 Å². The van der Waals surface area contributed by atoms with Crippen LogP contribution in [-0.2, 0) is 0 Å². The van der Waals surface area contributed by atoms with Crippen LogP contribution in [0.25, 0.3) is 11.4 Å². The first-order valence-corrected chi connectivity index (χ1v) is 9.35. The second-order valence-electron chi connectivity index (χ2n) is 6.28. The standard InChI is InChI=1S/C19H16N6OS/c1-25(18(26)13-4-2-12(9-20)3-5-13)19-24-16(10-27-19)15-8-17(22-11-21-15)23-14-6-7-14/h2-5,8,10-11,14H,6-7H2,1H3,(H,21,22,23). The summed E-state index contributed by atoms with van der Waals surface area (Å²) in [6, 6.07) is 11.0. The van der Waals surface area contributed by atoms with Crippen molar-refractivity contribution in [3.8, 4) is 17.5 Å². The topological polar surface area (TPSA) is 94.8 Å². The molecular weight excluding hydrogens is 360 g/mol. The zero-order chi connectivity index (χ0) is 18.8. The third kappa shape index (κ3) is 3.78. The van der Waals surface area contributed by atoms with Crippen LogP contribution < -0.4 is 10.2 Å². The number of anilines is 2. The first-order chi connectivity index (χ1) is 13.1. The van der Waals surface area contributed by atoms with Gasteiger partial charge in [0.1, 0.15) is 17.8 Å². The van der Waals surface area contributed by atoms with Gasteiger partial charge in [-0.2, -0.15) is 5.26 Å². The van der Waals surface area contributed by atoms with Crippen molar-refractivity contribution in [1.82, 2.24) is 15.0 Å². The molecule has 0 unspecified atom stereocenters. The summed E-state index contributed by atoms with van der Waals surface area (Å²) >= 11 is 1.38. The van der Waals surface area contributed by atoms with Crippen molar-refractivity contribution < 1.29 is 4.79 Å². The number of benzene rings is 1. The molecule has 1 saturated carbocycles. The summed E-state index contributed by atoms with van der Waals surface area (Å²) in [5.41, 5.74) is 2.45. The van der Waals surface area contributed by atoms with E-state index in [1.54, 1.807) is 31.3 Å². The minimum Gasteiger partial charge on any atom is -0.367 e. The second-order valence-corrected chi connectivity index (χ2v) is 7.11. The number of rotatable bonds is 5. The van der Waals surface area contributed by atoms with Gasteiger partial charge in [0.25, 0.3) is 5.91 Å². The fraction of sp³-hybridized carbons (Fsp3) is 0.211. The number of nitrogens with one attached hydrogen (secondary N) is 1. The molecule has 1 N–H and O–H groups in total. The lowest BCUT2D eigenvalue weighted by atomic mass is 10.1. The van der Waals surface area contributed by atoms with E-state index in [0.717, 1.165) is 11.5 Å². The van der Waals surface area contributed by atoms with E-state index < -0.39 is 0 Å². The third-order valence-corrected chi connectivity index (χ3v) is 5.12. The van der Waals surface area contributed by atoms with E-state index in [1.807, 2.05) is 17.5 Å². The van der Waals surface area contributed by atoms with Crippen LogP contribution in [0.4, 0.5) is 10.9 Å². The van der Waals surface area contributed by atoms with E-state index in [1.165, 1.54) is 35.4 Å². The summed E-state index contributed by atoms with van der Waals surface area (Å²) in [6.45, 7) is 0. The van der Waals surface area contributed by atoms with Gasteiger partial charge < -0.3 is 5.32 Å². The normalized spacial score (nSPS) is 13.0. The van der Waals surface area contributed by atoms with Crippen molar-refractivity contribution in [2.24, 2.45) is 0 Å². The molecule has 0 radical (unpaired) electrons. The Bertz CT molecular complexity index is 1020. The van der Waals surface area contributed by atoms with Crippen molar-refractivity contribution in [1.29, 1.82) is 5.26 Å². The molecule has 1 amide bonds. The highest BCUT2D eigenvalue weighted by atomic mass is 32.1. The molecule has 1 aromatic carbocycles. The summed E-state index contributed by atoms with van der Waals surface area (Å²) < 4.78 is 0. The van der Waals surface area contributed by atoms with Crippen LogP contribution in [0.2, 0.25) is 0 Å². The number of nitrogens with zero attached hydrogens (tertiary/aromatic N) is 5. The van der Waals surface area contributed by atoms with E-state index >= 15 is 0 Å². The first-order valence-electron chi connectivity index (χ1n) is 8.47. The van der Waals surface area contributed by atoms with Gasteiger partial charge in [0.15, 0.2) is 5.13 Å². The molecule has 0 bridgehead atoms. The fourth-order valence-electron chi connectivity index (χ4n) is 2.52. The van der Waals surface area contributed by atoms with Gasteiger partial charge in [-0.05, 0) is 37.1 Å². The summed E-state index contributed by atoms with van der Waals surface area (Å²) in [7, 11) is 1.68. The van der Waals surface area contributed by atoms with Gasteiger partial charge >= 0.3 is 0 Å². The molecule has 7 nitrogen and oxygen atoms in total. The second kappa shape index (κ2) is 7.13. The lowest BCUT2D eigenvalue weighted by Gasteiger charge is -2.13. The molecule has 2 heterocycles. The molecule has 8 heteroatoms. The smallest absolute Gasteiger partial charge is 0.259 e. The third-order valence-electron chi connectivity index (χ3n) is 4.20. The Morgan fingerprint density at radius 1 is 1.26 bits per heavy atom. The quantitative estimate of drug-likeness (QED) is 0.734. The fourth-order valence-corrected chi connectivity index (χ4v) is 3.30. The van der Waals surface area contributed by atoms with Gasteiger partial charge in [0, 0.05) is 30.1 Å². The summed E-state index contributed by atoms with van der Waals surface area (Å²) in [5, 5.41) is 14.7. The Labute approximate surface area is 160 Å². The zero-order valence-electron chi connectivity index (χ0n) is 14.6. The van der Waals surface area contributed by atoms with E-state index in [-0.39, 0.29) is 5.91 Å². The van der Waals surface area contributed by atoms with Gasteiger partial charge in [-0.3, -0.25) is 9.69 Å². The summed E-state index contributed by atoms with van der Waals surface area (Å²) in [4.78, 5) is 27.2. The number of amides is 1. The van der Waals surface area contributed by atoms with Crippen LogP contribution in [0.15, 0.2) is 42.0 Å². The van der Waals surface area contributed by atoms with Crippen LogP contribution in [-0.4, -0.2) is 33.9 Å². The van der Waals surface area contributed by atoms with Crippen LogP contribution in [0.5, 0.6) is 0 Å². The van der Waals surface area contributed by atoms with E-state index in [0.29, 0.717) is 28.0 Å². The highest BCUT2D eigenvalue weighted by Gasteiger charge is 2.22. The molecule has 2 aromatic heterocycles. The Hall–Kier alpha value is -3.31. The Morgan fingerprint density at radius 2 is 2.04 bits per heavy atom. The number of aromatic nitrogens is 3. The minimum atomic E-state index is -0.181. The highest BCUT2D eigenvalue weighted by molar-refractivity contribution is 7.14. The predicted octanol–water partition coefficient (Wildman–Crippen LogP) is 3.32. The summed E-state index contributed by atoms with van der Waals surface area (Å²) in [5.74, 6) is 0.609. The SMILES string of the molecule is CN(C(=O)c1ccc(C#N)cc1)c1nc(-c2cc(NC3CC3)ncn2)cs1. The van der Waals surface area contributed by atoms with E-state index in [2.05, 4.69) is 20.3 Å². The van der Waals surface area contributed by atoms with Crippen molar-refractivity contribution in [3.05, 3.63) is 53.2 Å². The van der Waals surface area contributed by atoms with Crippen molar-refractivity contribution in [2.75, 3.05) is 17.3 Å². The molecule has 0 aliphatic heterocycles. The predicted molar refractivity (Wildman–Crippen MR) is 104 cm³/mol. The van der Waals surface area contributed by atoms with Crippen molar-refractivity contribution >= 4 is 28.2 Å². The number of thiazole rings is 1.